The number of rotatable bonds is 0. The van der Waals surface area contributed by atoms with Crippen LogP contribution in [0.25, 0.3) is 16.9 Å². The first kappa shape index (κ1) is 51.4. The lowest BCUT2D eigenvalue weighted by molar-refractivity contribution is -0.117. The van der Waals surface area contributed by atoms with Gasteiger partial charge in [-0.1, -0.05) is 0 Å². The van der Waals surface area contributed by atoms with E-state index < -0.39 is 0 Å². The van der Waals surface area contributed by atoms with Crippen LogP contribution in [-0.2, 0) is 33.6 Å². The molecule has 6 aliphatic heterocycles. The summed E-state index contributed by atoms with van der Waals surface area (Å²) in [4.78, 5) is 70.8. The third-order valence-corrected chi connectivity index (χ3v) is 16.0. The molecule has 9 aromatic heterocycles. The van der Waals surface area contributed by atoms with Crippen molar-refractivity contribution >= 4 is 69.2 Å². The van der Waals surface area contributed by atoms with Gasteiger partial charge in [0.1, 0.15) is 52.0 Å². The van der Waals surface area contributed by atoms with Gasteiger partial charge in [-0.2, -0.15) is 15.3 Å². The van der Waals surface area contributed by atoms with Crippen LogP contribution < -0.4 is 30.7 Å². The fourth-order valence-corrected chi connectivity index (χ4v) is 12.2. The van der Waals surface area contributed by atoms with Gasteiger partial charge in [-0.3, -0.25) is 29.3 Å². The average Bonchev–Trinajstić information content (AvgIpc) is 4.44. The second-order valence-electron chi connectivity index (χ2n) is 21.2. The number of fused-ring (bicyclic) bond motifs is 15. The van der Waals surface area contributed by atoms with Crippen molar-refractivity contribution in [3.05, 3.63) is 143 Å². The second kappa shape index (κ2) is 21.9. The van der Waals surface area contributed by atoms with Gasteiger partial charge in [-0.05, 0) is 130 Å². The highest BCUT2D eigenvalue weighted by atomic mass is 19.1. The molecule has 0 aliphatic carbocycles. The third kappa shape index (κ3) is 10.4. The molecular weight excluding hydrogens is 1040 g/mol. The Kier molecular flexibility index (Phi) is 13.9. The van der Waals surface area contributed by atoms with Crippen molar-refractivity contribution in [2.75, 3.05) is 50.3 Å². The highest BCUT2D eigenvalue weighted by molar-refractivity contribution is 5.95. The first-order valence-electron chi connectivity index (χ1n) is 27.7. The fourth-order valence-electron chi connectivity index (χ4n) is 12.2. The molecule has 15 heterocycles. The summed E-state index contributed by atoms with van der Waals surface area (Å²) in [5, 5.41) is 21.5. The van der Waals surface area contributed by atoms with Gasteiger partial charge >= 0.3 is 0 Å². The molecule has 414 valence electrons. The third-order valence-electron chi connectivity index (χ3n) is 16.0. The molecular formula is C57H57F3N18O3. The lowest BCUT2D eigenvalue weighted by Gasteiger charge is -2.27. The monoisotopic (exact) mass is 1100 g/mol. The predicted molar refractivity (Wildman–Crippen MR) is 294 cm³/mol. The Morgan fingerprint density at radius 1 is 0.407 bits per heavy atom. The molecule has 1 unspecified atom stereocenters. The molecule has 3 amide bonds. The van der Waals surface area contributed by atoms with Crippen LogP contribution in [0, 0.1) is 17.5 Å². The summed E-state index contributed by atoms with van der Waals surface area (Å²) in [5.74, 6) is 1.17. The molecule has 21 nitrogen and oxygen atoms in total. The van der Waals surface area contributed by atoms with Crippen LogP contribution in [0.15, 0.2) is 92.2 Å². The molecule has 3 atom stereocenters. The largest absolute Gasteiger partial charge is 0.349 e. The molecule has 9 aromatic rings. The number of carbonyl (C=O) groups is 3. The van der Waals surface area contributed by atoms with Gasteiger partial charge in [0, 0.05) is 74.6 Å². The van der Waals surface area contributed by atoms with Crippen LogP contribution in [-0.4, -0.2) is 96.1 Å². The van der Waals surface area contributed by atoms with Crippen LogP contribution in [0.2, 0.25) is 0 Å². The molecule has 0 spiro atoms. The van der Waals surface area contributed by atoms with Crippen LogP contribution in [0.5, 0.6) is 0 Å². The Hall–Kier alpha value is -9.09. The lowest BCUT2D eigenvalue weighted by Crippen LogP contribution is -2.25. The van der Waals surface area contributed by atoms with Gasteiger partial charge < -0.3 is 30.7 Å². The minimum Gasteiger partial charge on any atom is -0.349 e. The van der Waals surface area contributed by atoms with E-state index in [0.717, 1.165) is 109 Å². The summed E-state index contributed by atoms with van der Waals surface area (Å²) in [6.07, 6.45) is 25.0. The van der Waals surface area contributed by atoms with Crippen molar-refractivity contribution in [3.63, 3.8) is 0 Å². The van der Waals surface area contributed by atoms with Crippen molar-refractivity contribution in [2.45, 2.75) is 114 Å². The summed E-state index contributed by atoms with van der Waals surface area (Å²) in [5.41, 5.74) is 8.98. The zero-order valence-corrected chi connectivity index (χ0v) is 44.2. The second-order valence-corrected chi connectivity index (χ2v) is 21.2. The maximum atomic E-state index is 14.0. The summed E-state index contributed by atoms with van der Waals surface area (Å²) < 4.78 is 46.9. The summed E-state index contributed by atoms with van der Waals surface area (Å²) in [6.45, 7) is 2.54. The molecule has 24 heteroatoms. The van der Waals surface area contributed by atoms with E-state index in [1.165, 1.54) is 18.6 Å². The lowest BCUT2D eigenvalue weighted by atomic mass is 9.99. The highest BCUT2D eigenvalue weighted by Gasteiger charge is 2.34. The molecule has 3 fully saturated rings. The van der Waals surface area contributed by atoms with Gasteiger partial charge in [0.15, 0.2) is 16.9 Å². The van der Waals surface area contributed by atoms with E-state index in [1.807, 2.05) is 36.8 Å². The molecule has 0 radical (unpaired) electrons. The highest BCUT2D eigenvalue weighted by Crippen LogP contribution is 2.41. The van der Waals surface area contributed by atoms with E-state index >= 15 is 0 Å². The van der Waals surface area contributed by atoms with Crippen molar-refractivity contribution in [1.82, 2.24) is 58.7 Å². The van der Waals surface area contributed by atoms with Crippen molar-refractivity contribution in [1.29, 1.82) is 0 Å². The maximum absolute atomic E-state index is 14.0. The van der Waals surface area contributed by atoms with E-state index in [9.17, 15) is 27.6 Å². The summed E-state index contributed by atoms with van der Waals surface area (Å²) in [6, 6.07) is 10.6. The molecule has 0 saturated carbocycles. The first-order chi connectivity index (χ1) is 39.6. The number of aromatic nitrogens is 12. The molecule has 0 aromatic carbocycles. The Labute approximate surface area is 462 Å². The Morgan fingerprint density at radius 2 is 0.716 bits per heavy atom. The molecule has 3 saturated heterocycles. The number of anilines is 6. The van der Waals surface area contributed by atoms with Crippen molar-refractivity contribution < 1.29 is 27.6 Å². The Bertz CT molecular complexity index is 3490. The Balaban J connectivity index is 0.000000114. The number of hydrogen-bond donors (Lipinski definition) is 3. The smallest absolute Gasteiger partial charge is 0.224 e. The number of nitrogens with zero attached hydrogens (tertiary/aromatic N) is 15. The SMILES string of the molecule is O=C1CCCc2ncc(F)cc2C2CCCN2c2ccn3ncc(c3n2)N1.O=C1CCCc2ncc(F)cc2[C@@H]2CCCN2c2ccn3ncc(c3n2)N1.O=C1CCCc2ncc(F)cc2[C@H]2CCCN2c2ccn3ncc(c3n2)N1. The number of aryl methyl sites for hydroxylation is 3. The van der Waals surface area contributed by atoms with Crippen LogP contribution in [0.3, 0.4) is 0 Å². The quantitative estimate of drug-likeness (QED) is 0.129. The molecule has 81 heavy (non-hydrogen) atoms. The average molecular weight is 1100 g/mol. The summed E-state index contributed by atoms with van der Waals surface area (Å²) >= 11 is 0. The topological polar surface area (TPSA) is 226 Å². The number of carbonyl (C=O) groups excluding carboxylic acids is 3. The minimum absolute atomic E-state index is 0.0361. The number of hydrogen-bond acceptors (Lipinski definition) is 15. The van der Waals surface area contributed by atoms with E-state index in [0.29, 0.717) is 91.8 Å². The normalized spacial score (nSPS) is 19.8. The zero-order chi connectivity index (χ0) is 55.1. The maximum Gasteiger partial charge on any atom is 0.224 e. The first-order valence-corrected chi connectivity index (χ1v) is 27.7. The standard InChI is InChI=1S/3C19H19FN6O/c3*20-12-9-13-14(21-10-12)3-1-5-18(27)23-15-11-22-26-8-6-17(24-19(15)26)25-7-2-4-16(13)25/h3*6,8-11,16H,1-5,7H2,(H,23,27)/t2*16-;/m10./s1. The van der Waals surface area contributed by atoms with E-state index in [-0.39, 0.29) is 53.3 Å². The van der Waals surface area contributed by atoms with Crippen LogP contribution in [0.1, 0.15) is 129 Å². The predicted octanol–water partition coefficient (Wildman–Crippen LogP) is 8.64. The number of pyridine rings is 3. The Morgan fingerprint density at radius 3 is 1.02 bits per heavy atom. The van der Waals surface area contributed by atoms with Crippen molar-refractivity contribution in [2.24, 2.45) is 0 Å². The molecule has 3 N–H and O–H groups in total. The number of halogens is 3. The number of nitrogens with one attached hydrogen (secondary N) is 3. The van der Waals surface area contributed by atoms with Crippen LogP contribution >= 0.6 is 0 Å². The van der Waals surface area contributed by atoms with Crippen LogP contribution in [0.4, 0.5) is 47.7 Å². The van der Waals surface area contributed by atoms with Crippen molar-refractivity contribution in [3.8, 4) is 0 Å². The van der Waals surface area contributed by atoms with Gasteiger partial charge in [0.25, 0.3) is 0 Å². The zero-order valence-electron chi connectivity index (χ0n) is 44.2. The van der Waals surface area contributed by atoms with Gasteiger partial charge in [0.2, 0.25) is 17.7 Å². The van der Waals surface area contributed by atoms with Gasteiger partial charge in [0.05, 0.1) is 55.3 Å². The van der Waals surface area contributed by atoms with E-state index in [2.05, 4.69) is 60.9 Å². The summed E-state index contributed by atoms with van der Waals surface area (Å²) in [7, 11) is 0. The molecule has 6 aliphatic rings. The fraction of sp³-hybridized carbons (Fsp3) is 0.368. The minimum atomic E-state index is -0.329. The van der Waals surface area contributed by atoms with E-state index in [4.69, 9.17) is 15.0 Å². The molecule has 6 bridgehead atoms. The van der Waals surface area contributed by atoms with E-state index in [1.54, 1.807) is 50.3 Å². The molecule has 15 rings (SSSR count). The number of amides is 3. The van der Waals surface area contributed by atoms with Gasteiger partial charge in [-0.25, -0.2) is 41.7 Å². The van der Waals surface area contributed by atoms with Gasteiger partial charge in [-0.15, -0.1) is 0 Å².